The summed E-state index contributed by atoms with van der Waals surface area (Å²) >= 11 is 1.72. The van der Waals surface area contributed by atoms with Gasteiger partial charge in [-0.25, -0.2) is 4.98 Å². The molecule has 96 valence electrons. The van der Waals surface area contributed by atoms with E-state index in [1.54, 1.807) is 17.5 Å². The molecular formula is C15H15N3S. The van der Waals surface area contributed by atoms with Crippen molar-refractivity contribution < 1.29 is 0 Å². The third-order valence-corrected chi connectivity index (χ3v) is 3.90. The number of hydrogen-bond donors (Lipinski definition) is 1. The Morgan fingerprint density at radius 2 is 2.00 bits per heavy atom. The Morgan fingerprint density at radius 1 is 1.16 bits per heavy atom. The molecule has 0 saturated carbocycles. The van der Waals surface area contributed by atoms with Crippen LogP contribution in [-0.2, 0) is 6.42 Å². The van der Waals surface area contributed by atoms with E-state index in [-0.39, 0.29) is 6.04 Å². The van der Waals surface area contributed by atoms with Gasteiger partial charge >= 0.3 is 0 Å². The molecule has 0 aliphatic carbocycles. The highest BCUT2D eigenvalue weighted by Crippen LogP contribution is 2.18. The first kappa shape index (κ1) is 12.3. The van der Waals surface area contributed by atoms with Crippen molar-refractivity contribution in [1.29, 1.82) is 0 Å². The lowest BCUT2D eigenvalue weighted by Crippen LogP contribution is -2.13. The van der Waals surface area contributed by atoms with Gasteiger partial charge in [0.25, 0.3) is 0 Å². The second-order valence-corrected chi connectivity index (χ2v) is 5.34. The van der Waals surface area contributed by atoms with Crippen LogP contribution in [0.1, 0.15) is 23.7 Å². The minimum Gasteiger partial charge on any atom is -0.323 e. The van der Waals surface area contributed by atoms with E-state index in [9.17, 15) is 0 Å². The summed E-state index contributed by atoms with van der Waals surface area (Å²) in [6.45, 7) is 0. The maximum absolute atomic E-state index is 6.20. The number of fused-ring (bicyclic) bond motifs is 1. The van der Waals surface area contributed by atoms with Crippen LogP contribution in [0.5, 0.6) is 0 Å². The Balaban J connectivity index is 1.75. The van der Waals surface area contributed by atoms with Gasteiger partial charge in [0.15, 0.2) is 0 Å². The molecule has 0 amide bonds. The van der Waals surface area contributed by atoms with Gasteiger partial charge in [-0.2, -0.15) is 11.3 Å². The lowest BCUT2D eigenvalue weighted by atomic mass is 10.1. The predicted octanol–water partition coefficient (Wildman–Crippen LogP) is 3.32. The minimum absolute atomic E-state index is 0.0583. The minimum atomic E-state index is -0.0583. The summed E-state index contributed by atoms with van der Waals surface area (Å²) in [6.07, 6.45) is 3.67. The summed E-state index contributed by atoms with van der Waals surface area (Å²) in [6, 6.07) is 9.95. The highest BCUT2D eigenvalue weighted by molar-refractivity contribution is 7.07. The fourth-order valence-electron chi connectivity index (χ4n) is 2.06. The van der Waals surface area contributed by atoms with Gasteiger partial charge in [0.1, 0.15) is 0 Å². The maximum atomic E-state index is 6.20. The van der Waals surface area contributed by atoms with E-state index in [4.69, 9.17) is 5.73 Å². The highest BCUT2D eigenvalue weighted by Gasteiger charge is 2.09. The van der Waals surface area contributed by atoms with E-state index in [0.29, 0.717) is 0 Å². The normalized spacial score (nSPS) is 12.7. The van der Waals surface area contributed by atoms with Crippen LogP contribution in [0.3, 0.4) is 0 Å². The van der Waals surface area contributed by atoms with Gasteiger partial charge < -0.3 is 5.73 Å². The van der Waals surface area contributed by atoms with Gasteiger partial charge in [-0.1, -0.05) is 12.1 Å². The van der Waals surface area contributed by atoms with Crippen LogP contribution in [0, 0.1) is 0 Å². The van der Waals surface area contributed by atoms with Gasteiger partial charge in [0, 0.05) is 6.04 Å². The SMILES string of the molecule is NC(CCc1ccsc1)c1cnc2ccccc2n1. The Morgan fingerprint density at radius 3 is 2.79 bits per heavy atom. The molecule has 0 bridgehead atoms. The zero-order valence-corrected chi connectivity index (χ0v) is 11.3. The molecule has 0 saturated heterocycles. The van der Waals surface area contributed by atoms with E-state index in [1.807, 2.05) is 24.3 Å². The molecule has 1 aromatic carbocycles. The Labute approximate surface area is 116 Å². The van der Waals surface area contributed by atoms with E-state index in [0.717, 1.165) is 29.6 Å². The zero-order chi connectivity index (χ0) is 13.1. The van der Waals surface area contributed by atoms with Crippen LogP contribution in [0.15, 0.2) is 47.3 Å². The number of rotatable bonds is 4. The predicted molar refractivity (Wildman–Crippen MR) is 79.1 cm³/mol. The number of nitrogens with zero attached hydrogens (tertiary/aromatic N) is 2. The average molecular weight is 269 g/mol. The molecule has 2 N–H and O–H groups in total. The summed E-state index contributed by atoms with van der Waals surface area (Å²) in [5, 5.41) is 4.26. The van der Waals surface area contributed by atoms with Crippen molar-refractivity contribution in [3.05, 3.63) is 58.5 Å². The van der Waals surface area contributed by atoms with Gasteiger partial charge in [0.2, 0.25) is 0 Å². The molecule has 0 spiro atoms. The average Bonchev–Trinajstić information content (AvgIpc) is 2.97. The lowest BCUT2D eigenvalue weighted by molar-refractivity contribution is 0.634. The number of para-hydroxylation sites is 2. The van der Waals surface area contributed by atoms with Crippen molar-refractivity contribution >= 4 is 22.4 Å². The van der Waals surface area contributed by atoms with Crippen LogP contribution >= 0.6 is 11.3 Å². The molecule has 19 heavy (non-hydrogen) atoms. The monoisotopic (exact) mass is 269 g/mol. The molecule has 3 nitrogen and oxygen atoms in total. The number of aryl methyl sites for hydroxylation is 1. The van der Waals surface area contributed by atoms with Crippen LogP contribution in [0.4, 0.5) is 0 Å². The van der Waals surface area contributed by atoms with Crippen LogP contribution in [0.25, 0.3) is 11.0 Å². The Kier molecular flexibility index (Phi) is 3.53. The van der Waals surface area contributed by atoms with Crippen LogP contribution in [-0.4, -0.2) is 9.97 Å². The standard InChI is InChI=1S/C15H15N3S/c16-12(6-5-11-7-8-19-10-11)15-9-17-13-3-1-2-4-14(13)18-15/h1-4,7-10,12H,5-6,16H2. The lowest BCUT2D eigenvalue weighted by Gasteiger charge is -2.10. The summed E-state index contributed by atoms with van der Waals surface area (Å²) in [5.41, 5.74) is 10.2. The van der Waals surface area contributed by atoms with Gasteiger partial charge in [-0.3, -0.25) is 4.98 Å². The summed E-state index contributed by atoms with van der Waals surface area (Å²) < 4.78 is 0. The summed E-state index contributed by atoms with van der Waals surface area (Å²) in [7, 11) is 0. The molecule has 3 aromatic rings. The zero-order valence-electron chi connectivity index (χ0n) is 10.5. The molecule has 2 heterocycles. The van der Waals surface area contributed by atoms with Gasteiger partial charge in [-0.15, -0.1) is 0 Å². The molecule has 0 radical (unpaired) electrons. The van der Waals surface area contributed by atoms with Crippen molar-refractivity contribution in [3.63, 3.8) is 0 Å². The Hall–Kier alpha value is -1.78. The second-order valence-electron chi connectivity index (χ2n) is 4.56. The smallest absolute Gasteiger partial charge is 0.0890 e. The first-order valence-corrected chi connectivity index (χ1v) is 7.25. The molecule has 1 unspecified atom stereocenters. The fraction of sp³-hybridized carbons (Fsp3) is 0.200. The van der Waals surface area contributed by atoms with E-state index in [1.165, 1.54) is 5.56 Å². The third-order valence-electron chi connectivity index (χ3n) is 3.17. The van der Waals surface area contributed by atoms with Crippen molar-refractivity contribution in [2.45, 2.75) is 18.9 Å². The molecule has 0 fully saturated rings. The van der Waals surface area contributed by atoms with E-state index in [2.05, 4.69) is 26.8 Å². The highest BCUT2D eigenvalue weighted by atomic mass is 32.1. The van der Waals surface area contributed by atoms with E-state index >= 15 is 0 Å². The summed E-state index contributed by atoms with van der Waals surface area (Å²) in [5.74, 6) is 0. The molecular weight excluding hydrogens is 254 g/mol. The number of nitrogens with two attached hydrogens (primary N) is 1. The van der Waals surface area contributed by atoms with Gasteiger partial charge in [0.05, 0.1) is 22.9 Å². The summed E-state index contributed by atoms with van der Waals surface area (Å²) in [4.78, 5) is 9.00. The van der Waals surface area contributed by atoms with Crippen LogP contribution in [0.2, 0.25) is 0 Å². The molecule has 3 rings (SSSR count). The van der Waals surface area contributed by atoms with Crippen molar-refractivity contribution in [2.75, 3.05) is 0 Å². The van der Waals surface area contributed by atoms with Crippen molar-refractivity contribution in [3.8, 4) is 0 Å². The molecule has 2 aromatic heterocycles. The maximum Gasteiger partial charge on any atom is 0.0890 e. The largest absolute Gasteiger partial charge is 0.323 e. The molecule has 1 atom stereocenters. The first-order valence-electron chi connectivity index (χ1n) is 6.31. The Bertz CT molecular complexity index is 664. The third kappa shape index (κ3) is 2.80. The molecule has 0 aliphatic heterocycles. The number of benzene rings is 1. The molecule has 4 heteroatoms. The molecule has 0 aliphatic rings. The number of hydrogen-bond acceptors (Lipinski definition) is 4. The van der Waals surface area contributed by atoms with Crippen molar-refractivity contribution in [1.82, 2.24) is 9.97 Å². The van der Waals surface area contributed by atoms with Gasteiger partial charge in [-0.05, 0) is 47.4 Å². The quantitative estimate of drug-likeness (QED) is 0.790. The number of thiophene rings is 1. The fourth-order valence-corrected chi connectivity index (χ4v) is 2.76. The first-order chi connectivity index (χ1) is 9.33. The van der Waals surface area contributed by atoms with E-state index < -0.39 is 0 Å². The van der Waals surface area contributed by atoms with Crippen LogP contribution < -0.4 is 5.73 Å². The second kappa shape index (κ2) is 5.47. The van der Waals surface area contributed by atoms with Crippen molar-refractivity contribution in [2.24, 2.45) is 5.73 Å². The number of aromatic nitrogens is 2. The topological polar surface area (TPSA) is 51.8 Å².